The first-order valence-electron chi connectivity index (χ1n) is 3.76. The average molecular weight is 165 g/mol. The Morgan fingerprint density at radius 3 is 2.00 bits per heavy atom. The lowest BCUT2D eigenvalue weighted by Gasteiger charge is -1.82. The van der Waals surface area contributed by atoms with Crippen LogP contribution in [0.1, 0.15) is 5.56 Å². The molecule has 0 aromatic heterocycles. The van der Waals surface area contributed by atoms with Gasteiger partial charge in [0.2, 0.25) is 0 Å². The minimum Gasteiger partial charge on any atom is -0.487 e. The Morgan fingerprint density at radius 1 is 1.25 bits per heavy atom. The molecule has 0 aliphatic rings. The summed E-state index contributed by atoms with van der Waals surface area (Å²) in [6.45, 7) is 2.08. The van der Waals surface area contributed by atoms with Gasteiger partial charge in [-0.1, -0.05) is 35.9 Å². The van der Waals surface area contributed by atoms with Crippen molar-refractivity contribution in [1.82, 2.24) is 0 Å². The quantitative estimate of drug-likeness (QED) is 0.462. The minimum atomic E-state index is 1.32. The summed E-state index contributed by atoms with van der Waals surface area (Å²) in [5.74, 6) is 0. The Bertz CT molecular complexity index is 206. The smallest absolute Gasteiger partial charge is 0.168 e. The molecule has 2 heteroatoms. The Labute approximate surface area is 73.9 Å². The van der Waals surface area contributed by atoms with Crippen LogP contribution < -0.4 is 0 Å². The van der Waals surface area contributed by atoms with Crippen LogP contribution in [0.25, 0.3) is 0 Å². The van der Waals surface area contributed by atoms with Gasteiger partial charge in [0, 0.05) is 7.05 Å². The summed E-state index contributed by atoms with van der Waals surface area (Å²) < 4.78 is 4.40. The van der Waals surface area contributed by atoms with Crippen molar-refractivity contribution in [3.8, 4) is 0 Å². The van der Waals surface area contributed by atoms with E-state index in [2.05, 4.69) is 28.8 Å². The topological polar surface area (TPSA) is 21.6 Å². The zero-order valence-corrected chi connectivity index (χ0v) is 7.82. The van der Waals surface area contributed by atoms with E-state index in [0.29, 0.717) is 0 Å². The average Bonchev–Trinajstić information content (AvgIpc) is 2.08. The van der Waals surface area contributed by atoms with Gasteiger partial charge in [0.25, 0.3) is 0 Å². The number of rotatable bonds is 1. The second kappa shape index (κ2) is 7.79. The first-order chi connectivity index (χ1) is 5.81. The molecule has 0 unspecified atom stereocenters. The lowest BCUT2D eigenvalue weighted by atomic mass is 10.2. The van der Waals surface area contributed by atoms with E-state index in [1.165, 1.54) is 12.0 Å². The molecule has 0 aliphatic heterocycles. The van der Waals surface area contributed by atoms with Crippen LogP contribution in [0.2, 0.25) is 0 Å². The molecule has 0 N–H and O–H groups in total. The summed E-state index contributed by atoms with van der Waals surface area (Å²) in [5, 5.41) is 0. The van der Waals surface area contributed by atoms with Gasteiger partial charge in [-0.25, -0.2) is 0 Å². The van der Waals surface area contributed by atoms with Crippen LogP contribution in [-0.4, -0.2) is 20.6 Å². The van der Waals surface area contributed by atoms with Crippen LogP contribution in [-0.2, 0) is 4.74 Å². The van der Waals surface area contributed by atoms with E-state index in [4.69, 9.17) is 0 Å². The van der Waals surface area contributed by atoms with Crippen LogP contribution in [0.5, 0.6) is 0 Å². The fourth-order valence-corrected chi connectivity index (χ4v) is 0.640. The molecular formula is C10H15NO. The lowest BCUT2D eigenvalue weighted by molar-refractivity contribution is 0.422. The highest BCUT2D eigenvalue weighted by Crippen LogP contribution is 1.92. The van der Waals surface area contributed by atoms with E-state index >= 15 is 0 Å². The van der Waals surface area contributed by atoms with E-state index < -0.39 is 0 Å². The van der Waals surface area contributed by atoms with Gasteiger partial charge in [0.1, 0.15) is 0 Å². The number of hydrogen-bond acceptors (Lipinski definition) is 2. The molecule has 0 bridgehead atoms. The van der Waals surface area contributed by atoms with Gasteiger partial charge < -0.3 is 4.74 Å². The van der Waals surface area contributed by atoms with E-state index in [-0.39, 0.29) is 0 Å². The highest BCUT2D eigenvalue weighted by molar-refractivity contribution is 5.45. The molecule has 1 rings (SSSR count). The third-order valence-electron chi connectivity index (χ3n) is 1.15. The van der Waals surface area contributed by atoms with Crippen molar-refractivity contribution in [3.05, 3.63) is 35.9 Å². The highest BCUT2D eigenvalue weighted by Gasteiger charge is 1.72. The molecule has 1 aromatic rings. The number of ether oxygens (including phenoxy) is 1. The van der Waals surface area contributed by atoms with Crippen molar-refractivity contribution in [2.45, 2.75) is 6.92 Å². The monoisotopic (exact) mass is 165 g/mol. The van der Waals surface area contributed by atoms with E-state index in [9.17, 15) is 0 Å². The molecule has 0 saturated carbocycles. The molecule has 0 radical (unpaired) electrons. The zero-order chi connectivity index (χ0) is 9.23. The Balaban J connectivity index is 0.000000217. The fraction of sp³-hybridized carbons (Fsp3) is 0.300. The zero-order valence-electron chi connectivity index (χ0n) is 7.82. The van der Waals surface area contributed by atoms with Crippen LogP contribution in [0.3, 0.4) is 0 Å². The SMILES string of the molecule is CN=COC.Cc1ccccc1. The second-order valence-electron chi connectivity index (χ2n) is 2.25. The third kappa shape index (κ3) is 6.81. The van der Waals surface area contributed by atoms with E-state index in [1.54, 1.807) is 14.2 Å². The standard InChI is InChI=1S/C7H8.C3H7NO/c1-7-5-3-2-4-6-7;1-4-3-5-2/h2-6H,1H3;3H,1-2H3. The number of benzene rings is 1. The molecule has 0 aliphatic carbocycles. The van der Waals surface area contributed by atoms with Gasteiger partial charge in [0.15, 0.2) is 6.40 Å². The number of aryl methyl sites for hydroxylation is 1. The predicted octanol–water partition coefficient (Wildman–Crippen LogP) is 2.29. The molecule has 2 nitrogen and oxygen atoms in total. The van der Waals surface area contributed by atoms with Crippen molar-refractivity contribution >= 4 is 6.40 Å². The second-order valence-corrected chi connectivity index (χ2v) is 2.25. The lowest BCUT2D eigenvalue weighted by Crippen LogP contribution is -1.71. The molecule has 0 saturated heterocycles. The van der Waals surface area contributed by atoms with Gasteiger partial charge in [-0.05, 0) is 6.92 Å². The Kier molecular flexibility index (Phi) is 6.94. The van der Waals surface area contributed by atoms with E-state index in [1.807, 2.05) is 18.2 Å². The summed E-state index contributed by atoms with van der Waals surface area (Å²) >= 11 is 0. The van der Waals surface area contributed by atoms with Gasteiger partial charge in [-0.3, -0.25) is 4.99 Å². The normalized spacial score (nSPS) is 8.92. The summed E-state index contributed by atoms with van der Waals surface area (Å²) in [5.41, 5.74) is 1.32. The largest absolute Gasteiger partial charge is 0.487 e. The maximum Gasteiger partial charge on any atom is 0.168 e. The number of methoxy groups -OCH3 is 1. The van der Waals surface area contributed by atoms with Gasteiger partial charge in [0.05, 0.1) is 7.11 Å². The summed E-state index contributed by atoms with van der Waals surface area (Å²) in [6.07, 6.45) is 1.38. The van der Waals surface area contributed by atoms with Crippen LogP contribution >= 0.6 is 0 Å². The molecule has 0 spiro atoms. The maximum atomic E-state index is 4.40. The van der Waals surface area contributed by atoms with Crippen LogP contribution in [0, 0.1) is 6.92 Å². The minimum absolute atomic E-state index is 1.32. The van der Waals surface area contributed by atoms with Crippen molar-refractivity contribution < 1.29 is 4.74 Å². The van der Waals surface area contributed by atoms with Crippen molar-refractivity contribution in [1.29, 1.82) is 0 Å². The maximum absolute atomic E-state index is 4.40. The van der Waals surface area contributed by atoms with Crippen LogP contribution in [0.4, 0.5) is 0 Å². The fourth-order valence-electron chi connectivity index (χ4n) is 0.640. The predicted molar refractivity (Wildman–Crippen MR) is 52.6 cm³/mol. The van der Waals surface area contributed by atoms with Gasteiger partial charge >= 0.3 is 0 Å². The number of aliphatic imine (C=N–C) groups is 1. The molecule has 12 heavy (non-hydrogen) atoms. The molecule has 0 atom stereocenters. The Morgan fingerprint density at radius 2 is 1.83 bits per heavy atom. The summed E-state index contributed by atoms with van der Waals surface area (Å²) in [4.78, 5) is 3.51. The number of hydrogen-bond donors (Lipinski definition) is 0. The first kappa shape index (κ1) is 10.7. The molecule has 0 heterocycles. The van der Waals surface area contributed by atoms with Gasteiger partial charge in [-0.15, -0.1) is 0 Å². The highest BCUT2D eigenvalue weighted by atomic mass is 16.5. The van der Waals surface area contributed by atoms with Crippen LogP contribution in [0.15, 0.2) is 35.3 Å². The molecule has 0 amide bonds. The van der Waals surface area contributed by atoms with E-state index in [0.717, 1.165) is 0 Å². The molecule has 66 valence electrons. The Hall–Kier alpha value is -1.31. The number of nitrogens with zero attached hydrogens (tertiary/aromatic N) is 1. The molecule has 1 aromatic carbocycles. The summed E-state index contributed by atoms with van der Waals surface area (Å²) in [6, 6.07) is 10.3. The summed E-state index contributed by atoms with van der Waals surface area (Å²) in [7, 11) is 3.22. The van der Waals surface area contributed by atoms with Crippen molar-refractivity contribution in [2.75, 3.05) is 14.2 Å². The van der Waals surface area contributed by atoms with Crippen molar-refractivity contribution in [2.24, 2.45) is 4.99 Å². The van der Waals surface area contributed by atoms with Crippen molar-refractivity contribution in [3.63, 3.8) is 0 Å². The molecular weight excluding hydrogens is 150 g/mol. The molecule has 0 fully saturated rings. The van der Waals surface area contributed by atoms with Gasteiger partial charge in [-0.2, -0.15) is 0 Å². The third-order valence-corrected chi connectivity index (χ3v) is 1.15. The first-order valence-corrected chi connectivity index (χ1v) is 3.76.